The number of rotatable bonds is 3. The van der Waals surface area contributed by atoms with E-state index in [1.54, 1.807) is 0 Å². The molecule has 0 saturated carbocycles. The Balaban J connectivity index is 1.92. The molecule has 1 atom stereocenters. The van der Waals surface area contributed by atoms with Crippen LogP contribution >= 0.6 is 0 Å². The van der Waals surface area contributed by atoms with E-state index in [1.165, 1.54) is 29.3 Å². The van der Waals surface area contributed by atoms with Crippen LogP contribution in [0.25, 0.3) is 0 Å². The molecule has 1 aromatic heterocycles. The smallest absolute Gasteiger partial charge is 0.141 e. The first-order chi connectivity index (χ1) is 8.20. The molecule has 6 heteroatoms. The molecule has 88 valence electrons. The highest BCUT2D eigenvalue weighted by molar-refractivity contribution is 5.28. The van der Waals surface area contributed by atoms with Gasteiger partial charge < -0.3 is 4.74 Å². The number of hydrogen-bond donors (Lipinski definition) is 0. The summed E-state index contributed by atoms with van der Waals surface area (Å²) in [6, 6.07) is 3.48. The molecule has 1 aliphatic rings. The highest BCUT2D eigenvalue weighted by Gasteiger charge is 2.49. The van der Waals surface area contributed by atoms with Gasteiger partial charge in [0.15, 0.2) is 0 Å². The number of hydrogen-bond acceptors (Lipinski definition) is 3. The third kappa shape index (κ3) is 1.80. The van der Waals surface area contributed by atoms with Crippen molar-refractivity contribution in [1.29, 1.82) is 0 Å². The van der Waals surface area contributed by atoms with Crippen LogP contribution in [0, 0.1) is 11.6 Å². The van der Waals surface area contributed by atoms with Gasteiger partial charge >= 0.3 is 0 Å². The van der Waals surface area contributed by atoms with E-state index in [0.717, 1.165) is 6.07 Å². The van der Waals surface area contributed by atoms with Crippen LogP contribution < -0.4 is 0 Å². The lowest BCUT2D eigenvalue weighted by atomic mass is 9.99. The Morgan fingerprint density at radius 3 is 2.59 bits per heavy atom. The van der Waals surface area contributed by atoms with Gasteiger partial charge in [0.25, 0.3) is 0 Å². The zero-order chi connectivity index (χ0) is 11.9. The summed E-state index contributed by atoms with van der Waals surface area (Å²) in [5.74, 6) is -1.20. The van der Waals surface area contributed by atoms with Gasteiger partial charge in [-0.2, -0.15) is 15.0 Å². The molecule has 1 fully saturated rings. The second-order valence-corrected chi connectivity index (χ2v) is 3.97. The Morgan fingerprint density at radius 2 is 2.00 bits per heavy atom. The van der Waals surface area contributed by atoms with E-state index in [1.807, 2.05) is 0 Å². The summed E-state index contributed by atoms with van der Waals surface area (Å²) >= 11 is 0. The minimum atomic E-state index is -0.753. The van der Waals surface area contributed by atoms with E-state index in [4.69, 9.17) is 4.74 Å². The zero-order valence-electron chi connectivity index (χ0n) is 8.81. The predicted molar refractivity (Wildman–Crippen MR) is 54.0 cm³/mol. The van der Waals surface area contributed by atoms with Crippen LogP contribution in [0.3, 0.4) is 0 Å². The van der Waals surface area contributed by atoms with E-state index in [0.29, 0.717) is 18.7 Å². The second kappa shape index (κ2) is 3.59. The van der Waals surface area contributed by atoms with E-state index < -0.39 is 17.2 Å². The zero-order valence-corrected chi connectivity index (χ0v) is 8.81. The van der Waals surface area contributed by atoms with Crippen molar-refractivity contribution in [2.45, 2.75) is 12.1 Å². The van der Waals surface area contributed by atoms with E-state index in [9.17, 15) is 8.78 Å². The van der Waals surface area contributed by atoms with Crippen molar-refractivity contribution in [2.24, 2.45) is 0 Å². The lowest BCUT2D eigenvalue weighted by Crippen LogP contribution is -2.21. The maximum atomic E-state index is 13.6. The van der Waals surface area contributed by atoms with Gasteiger partial charge in [0.1, 0.15) is 17.2 Å². The Morgan fingerprint density at radius 1 is 1.29 bits per heavy atom. The Hall–Kier alpha value is -1.82. The standard InChI is InChI=1S/C11H9F2N3O/c12-8-1-2-9(10(13)5-8)11(7-17-11)6-16-14-3-4-15-16/h1-5H,6-7H2. The number of benzene rings is 1. The average Bonchev–Trinajstić information content (AvgIpc) is 2.86. The number of aromatic nitrogens is 3. The summed E-state index contributed by atoms with van der Waals surface area (Å²) < 4.78 is 31.8. The topological polar surface area (TPSA) is 43.2 Å². The quantitative estimate of drug-likeness (QED) is 0.759. The van der Waals surface area contributed by atoms with E-state index in [2.05, 4.69) is 10.2 Å². The molecule has 1 aromatic carbocycles. The molecule has 0 aliphatic carbocycles. The fraction of sp³-hybridized carbons (Fsp3) is 0.273. The summed E-state index contributed by atoms with van der Waals surface area (Å²) in [5, 5.41) is 7.89. The first kappa shape index (κ1) is 10.3. The second-order valence-electron chi connectivity index (χ2n) is 3.97. The predicted octanol–water partition coefficient (Wildman–Crippen LogP) is 1.48. The summed E-state index contributed by atoms with van der Waals surface area (Å²) in [5.41, 5.74) is -0.409. The van der Waals surface area contributed by atoms with Crippen LogP contribution in [-0.4, -0.2) is 21.6 Å². The van der Waals surface area contributed by atoms with Gasteiger partial charge in [-0.1, -0.05) is 6.07 Å². The van der Waals surface area contributed by atoms with Gasteiger partial charge in [0.2, 0.25) is 0 Å². The van der Waals surface area contributed by atoms with Crippen LogP contribution in [0.15, 0.2) is 30.6 Å². The first-order valence-electron chi connectivity index (χ1n) is 5.13. The van der Waals surface area contributed by atoms with Crippen LogP contribution in [0.2, 0.25) is 0 Å². The lowest BCUT2D eigenvalue weighted by molar-refractivity contribution is 0.252. The molecule has 0 bridgehead atoms. The summed E-state index contributed by atoms with van der Waals surface area (Å²) in [6.07, 6.45) is 3.08. The van der Waals surface area contributed by atoms with Crippen LogP contribution in [0.4, 0.5) is 8.78 Å². The summed E-state index contributed by atoms with van der Waals surface area (Å²) in [7, 11) is 0. The monoisotopic (exact) mass is 237 g/mol. The summed E-state index contributed by atoms with van der Waals surface area (Å²) in [4.78, 5) is 1.43. The van der Waals surface area contributed by atoms with Crippen LogP contribution in [0.1, 0.15) is 5.56 Å². The third-order valence-corrected chi connectivity index (χ3v) is 2.78. The summed E-state index contributed by atoms with van der Waals surface area (Å²) in [6.45, 7) is 0.708. The maximum absolute atomic E-state index is 13.6. The molecule has 2 heterocycles. The van der Waals surface area contributed by atoms with Crippen LogP contribution in [-0.2, 0) is 16.9 Å². The SMILES string of the molecule is Fc1ccc(C2(Cn3nccn3)CO2)c(F)c1. The van der Waals surface area contributed by atoms with Crippen molar-refractivity contribution in [3.05, 3.63) is 47.8 Å². The molecule has 17 heavy (non-hydrogen) atoms. The Labute approximate surface area is 95.8 Å². The van der Waals surface area contributed by atoms with Crippen molar-refractivity contribution in [1.82, 2.24) is 15.0 Å². The largest absolute Gasteiger partial charge is 0.362 e. The lowest BCUT2D eigenvalue weighted by Gasteiger charge is -2.12. The molecule has 3 rings (SSSR count). The van der Waals surface area contributed by atoms with E-state index >= 15 is 0 Å². The van der Waals surface area contributed by atoms with Crippen molar-refractivity contribution >= 4 is 0 Å². The van der Waals surface area contributed by atoms with Gasteiger partial charge in [0.05, 0.1) is 25.5 Å². The first-order valence-corrected chi connectivity index (χ1v) is 5.13. The third-order valence-electron chi connectivity index (χ3n) is 2.78. The minimum Gasteiger partial charge on any atom is -0.362 e. The fourth-order valence-corrected chi connectivity index (χ4v) is 1.83. The maximum Gasteiger partial charge on any atom is 0.141 e. The highest BCUT2D eigenvalue weighted by atomic mass is 19.1. The van der Waals surface area contributed by atoms with E-state index in [-0.39, 0.29) is 0 Å². The number of ether oxygens (including phenoxy) is 1. The molecule has 1 saturated heterocycles. The van der Waals surface area contributed by atoms with Gasteiger partial charge in [-0.15, -0.1) is 0 Å². The van der Waals surface area contributed by atoms with Gasteiger partial charge in [-0.05, 0) is 6.07 Å². The molecule has 1 unspecified atom stereocenters. The number of epoxide rings is 1. The molecule has 1 aliphatic heterocycles. The Bertz CT molecular complexity index is 538. The molecule has 2 aromatic rings. The van der Waals surface area contributed by atoms with Crippen molar-refractivity contribution < 1.29 is 13.5 Å². The van der Waals surface area contributed by atoms with Crippen molar-refractivity contribution in [3.8, 4) is 0 Å². The minimum absolute atomic E-state index is 0.322. The fourth-order valence-electron chi connectivity index (χ4n) is 1.83. The number of halogens is 2. The van der Waals surface area contributed by atoms with Crippen molar-refractivity contribution in [3.63, 3.8) is 0 Å². The molecule has 4 nitrogen and oxygen atoms in total. The molecule has 0 N–H and O–H groups in total. The molecular weight excluding hydrogens is 228 g/mol. The molecule has 0 radical (unpaired) electrons. The molecule has 0 spiro atoms. The van der Waals surface area contributed by atoms with Crippen LogP contribution in [0.5, 0.6) is 0 Å². The van der Waals surface area contributed by atoms with Gasteiger partial charge in [-0.25, -0.2) is 8.78 Å². The van der Waals surface area contributed by atoms with Gasteiger partial charge in [0, 0.05) is 11.6 Å². The van der Waals surface area contributed by atoms with Gasteiger partial charge in [-0.3, -0.25) is 0 Å². The normalized spacial score (nSPS) is 22.7. The molecular formula is C11H9F2N3O. The molecule has 0 amide bonds. The van der Waals surface area contributed by atoms with Crippen molar-refractivity contribution in [2.75, 3.05) is 6.61 Å². The highest BCUT2D eigenvalue weighted by Crippen LogP contribution is 2.41. The Kier molecular flexibility index (Phi) is 2.19. The average molecular weight is 237 g/mol. The number of nitrogens with zero attached hydrogens (tertiary/aromatic N) is 3.